The molecule has 0 saturated carbocycles. The molecule has 0 aliphatic rings. The SMILES string of the molecule is Cc1ccc(CC(=O)N/N=C\c2ccc(-c3ccc(C(=O)[O-])cc3)o2)cc1C. The lowest BCUT2D eigenvalue weighted by Gasteiger charge is -2.04. The summed E-state index contributed by atoms with van der Waals surface area (Å²) >= 11 is 0. The highest BCUT2D eigenvalue weighted by Gasteiger charge is 2.06. The lowest BCUT2D eigenvalue weighted by Crippen LogP contribution is -2.21. The molecule has 1 heterocycles. The van der Waals surface area contributed by atoms with Gasteiger partial charge in [-0.05, 0) is 48.2 Å². The zero-order valence-corrected chi connectivity index (χ0v) is 15.6. The third kappa shape index (κ3) is 4.73. The predicted molar refractivity (Wildman–Crippen MR) is 104 cm³/mol. The Hall–Kier alpha value is -3.67. The topological polar surface area (TPSA) is 94.7 Å². The number of hydrazone groups is 1. The fraction of sp³-hybridized carbons (Fsp3) is 0.136. The number of carboxylic acid groups (broad SMARTS) is 1. The lowest BCUT2D eigenvalue weighted by molar-refractivity contribution is -0.255. The van der Waals surface area contributed by atoms with Crippen molar-refractivity contribution in [3.63, 3.8) is 0 Å². The fourth-order valence-corrected chi connectivity index (χ4v) is 2.65. The minimum absolute atomic E-state index is 0.101. The Morgan fingerprint density at radius 1 is 1.04 bits per heavy atom. The van der Waals surface area contributed by atoms with E-state index in [4.69, 9.17) is 4.42 Å². The number of carbonyl (C=O) groups is 2. The van der Waals surface area contributed by atoms with Crippen LogP contribution >= 0.6 is 0 Å². The number of nitrogens with zero attached hydrogens (tertiary/aromatic N) is 1. The number of carbonyl (C=O) groups excluding carboxylic acids is 2. The van der Waals surface area contributed by atoms with Gasteiger partial charge in [-0.1, -0.05) is 42.5 Å². The second-order valence-electron chi connectivity index (χ2n) is 6.46. The summed E-state index contributed by atoms with van der Waals surface area (Å²) in [5, 5.41) is 14.7. The monoisotopic (exact) mass is 375 g/mol. The Morgan fingerprint density at radius 2 is 1.79 bits per heavy atom. The first kappa shape index (κ1) is 19.1. The number of amides is 1. The average molecular weight is 375 g/mol. The Morgan fingerprint density at radius 3 is 2.46 bits per heavy atom. The summed E-state index contributed by atoms with van der Waals surface area (Å²) in [5.74, 6) is -0.419. The van der Waals surface area contributed by atoms with Gasteiger partial charge >= 0.3 is 0 Å². The second kappa shape index (κ2) is 8.35. The molecule has 3 rings (SSSR count). The predicted octanol–water partition coefficient (Wildman–Crippen LogP) is 2.62. The molecule has 1 N–H and O–H groups in total. The van der Waals surface area contributed by atoms with E-state index in [0.29, 0.717) is 11.5 Å². The maximum Gasteiger partial charge on any atom is 0.244 e. The van der Waals surface area contributed by atoms with Crippen molar-refractivity contribution in [1.82, 2.24) is 5.43 Å². The summed E-state index contributed by atoms with van der Waals surface area (Å²) in [4.78, 5) is 22.8. The van der Waals surface area contributed by atoms with Gasteiger partial charge in [0.1, 0.15) is 11.5 Å². The number of furan rings is 1. The highest BCUT2D eigenvalue weighted by Crippen LogP contribution is 2.22. The first-order valence-electron chi connectivity index (χ1n) is 8.72. The van der Waals surface area contributed by atoms with E-state index in [1.54, 1.807) is 24.3 Å². The van der Waals surface area contributed by atoms with E-state index in [9.17, 15) is 14.7 Å². The summed E-state index contributed by atoms with van der Waals surface area (Å²) in [5.41, 5.74) is 6.56. The summed E-state index contributed by atoms with van der Waals surface area (Å²) in [7, 11) is 0. The average Bonchev–Trinajstić information content (AvgIpc) is 3.14. The lowest BCUT2D eigenvalue weighted by atomic mass is 10.0. The maximum absolute atomic E-state index is 12.0. The number of benzene rings is 2. The van der Waals surface area contributed by atoms with Crippen LogP contribution in [0.1, 0.15) is 32.8 Å². The fourth-order valence-electron chi connectivity index (χ4n) is 2.65. The van der Waals surface area contributed by atoms with Gasteiger partial charge in [-0.25, -0.2) is 5.43 Å². The second-order valence-corrected chi connectivity index (χ2v) is 6.46. The molecule has 0 spiro atoms. The minimum atomic E-state index is -1.23. The molecule has 0 aliphatic carbocycles. The number of nitrogens with one attached hydrogen (secondary N) is 1. The zero-order chi connectivity index (χ0) is 20.1. The number of rotatable bonds is 6. The van der Waals surface area contributed by atoms with Crippen LogP contribution in [0.15, 0.2) is 64.1 Å². The van der Waals surface area contributed by atoms with Gasteiger partial charge in [0.2, 0.25) is 5.91 Å². The van der Waals surface area contributed by atoms with Crippen molar-refractivity contribution in [2.45, 2.75) is 20.3 Å². The van der Waals surface area contributed by atoms with E-state index in [1.807, 2.05) is 32.0 Å². The molecular formula is C22H19N2O4-. The van der Waals surface area contributed by atoms with Crippen LogP contribution in [0.25, 0.3) is 11.3 Å². The van der Waals surface area contributed by atoms with Gasteiger partial charge in [-0.3, -0.25) is 4.79 Å². The van der Waals surface area contributed by atoms with Gasteiger partial charge < -0.3 is 14.3 Å². The molecule has 0 unspecified atom stereocenters. The van der Waals surface area contributed by atoms with E-state index in [1.165, 1.54) is 23.9 Å². The van der Waals surface area contributed by atoms with Crippen LogP contribution < -0.4 is 10.5 Å². The van der Waals surface area contributed by atoms with Gasteiger partial charge in [0.05, 0.1) is 18.6 Å². The molecule has 6 heteroatoms. The first-order valence-corrected chi connectivity index (χ1v) is 8.72. The van der Waals surface area contributed by atoms with Crippen LogP contribution in [0.4, 0.5) is 0 Å². The molecule has 0 saturated heterocycles. The maximum atomic E-state index is 12.0. The van der Waals surface area contributed by atoms with Crippen LogP contribution in [0, 0.1) is 13.8 Å². The quantitative estimate of drug-likeness (QED) is 0.529. The molecule has 2 aromatic carbocycles. The van der Waals surface area contributed by atoms with E-state index in [0.717, 1.165) is 16.7 Å². The summed E-state index contributed by atoms with van der Waals surface area (Å²) in [6.45, 7) is 4.04. The van der Waals surface area contributed by atoms with Crippen molar-refractivity contribution in [3.8, 4) is 11.3 Å². The standard InChI is InChI=1S/C22H20N2O4/c1-14-3-4-16(11-15(14)2)12-21(25)24-23-13-19-9-10-20(28-19)17-5-7-18(8-6-17)22(26)27/h3-11,13H,12H2,1-2H3,(H,24,25)(H,26,27)/p-1/b23-13-. The molecular weight excluding hydrogens is 356 g/mol. The molecule has 0 atom stereocenters. The van der Waals surface area contributed by atoms with Crippen LogP contribution in [0.2, 0.25) is 0 Å². The number of carboxylic acids is 1. The Labute approximate surface area is 162 Å². The normalized spacial score (nSPS) is 10.9. The molecule has 0 aliphatic heterocycles. The minimum Gasteiger partial charge on any atom is -0.545 e. The zero-order valence-electron chi connectivity index (χ0n) is 15.6. The van der Waals surface area contributed by atoms with Crippen molar-refractivity contribution >= 4 is 18.1 Å². The number of aryl methyl sites for hydroxylation is 2. The van der Waals surface area contributed by atoms with Crippen molar-refractivity contribution in [1.29, 1.82) is 0 Å². The van der Waals surface area contributed by atoms with Gasteiger partial charge in [-0.2, -0.15) is 5.10 Å². The Balaban J connectivity index is 1.58. The van der Waals surface area contributed by atoms with Crippen molar-refractivity contribution < 1.29 is 19.1 Å². The molecule has 0 fully saturated rings. The third-order valence-corrected chi connectivity index (χ3v) is 4.35. The number of hydrogen-bond acceptors (Lipinski definition) is 5. The van der Waals surface area contributed by atoms with E-state index in [-0.39, 0.29) is 17.9 Å². The van der Waals surface area contributed by atoms with Gasteiger partial charge in [0, 0.05) is 5.56 Å². The van der Waals surface area contributed by atoms with Crippen LogP contribution in [0.5, 0.6) is 0 Å². The van der Waals surface area contributed by atoms with Crippen LogP contribution in [0.3, 0.4) is 0 Å². The van der Waals surface area contributed by atoms with E-state index < -0.39 is 5.97 Å². The summed E-state index contributed by atoms with van der Waals surface area (Å²) in [6, 6.07) is 15.5. The van der Waals surface area contributed by atoms with Crippen molar-refractivity contribution in [2.75, 3.05) is 0 Å². The number of hydrogen-bond donors (Lipinski definition) is 1. The summed E-state index contributed by atoms with van der Waals surface area (Å²) < 4.78 is 5.64. The Kier molecular flexibility index (Phi) is 5.69. The van der Waals surface area contributed by atoms with Gasteiger partial charge in [-0.15, -0.1) is 0 Å². The molecule has 28 heavy (non-hydrogen) atoms. The molecule has 0 radical (unpaired) electrons. The summed E-state index contributed by atoms with van der Waals surface area (Å²) in [6.07, 6.45) is 1.66. The molecule has 1 aromatic heterocycles. The van der Waals surface area contributed by atoms with Crippen molar-refractivity contribution in [3.05, 3.63) is 82.6 Å². The third-order valence-electron chi connectivity index (χ3n) is 4.35. The van der Waals surface area contributed by atoms with E-state index >= 15 is 0 Å². The van der Waals surface area contributed by atoms with Crippen molar-refractivity contribution in [2.24, 2.45) is 5.10 Å². The molecule has 0 bridgehead atoms. The smallest absolute Gasteiger partial charge is 0.244 e. The van der Waals surface area contributed by atoms with Gasteiger partial charge in [0.15, 0.2) is 0 Å². The first-order chi connectivity index (χ1) is 13.4. The molecule has 6 nitrogen and oxygen atoms in total. The highest BCUT2D eigenvalue weighted by molar-refractivity contribution is 5.86. The molecule has 1 amide bonds. The van der Waals surface area contributed by atoms with Crippen LogP contribution in [-0.2, 0) is 11.2 Å². The Bertz CT molecular complexity index is 1030. The largest absolute Gasteiger partial charge is 0.545 e. The molecule has 142 valence electrons. The molecule has 3 aromatic rings. The van der Waals surface area contributed by atoms with Crippen LogP contribution in [-0.4, -0.2) is 18.1 Å². The van der Waals surface area contributed by atoms with E-state index in [2.05, 4.69) is 10.5 Å². The highest BCUT2D eigenvalue weighted by atomic mass is 16.4. The number of aromatic carboxylic acids is 1. The van der Waals surface area contributed by atoms with Gasteiger partial charge in [0.25, 0.3) is 0 Å².